The van der Waals surface area contributed by atoms with Gasteiger partial charge in [-0.1, -0.05) is 6.07 Å². The van der Waals surface area contributed by atoms with Gasteiger partial charge in [0, 0.05) is 31.1 Å². The van der Waals surface area contributed by atoms with Gasteiger partial charge in [-0.05, 0) is 63.7 Å². The third-order valence-corrected chi connectivity index (χ3v) is 5.59. The van der Waals surface area contributed by atoms with Gasteiger partial charge < -0.3 is 5.32 Å². The molecule has 0 radical (unpaired) electrons. The first-order chi connectivity index (χ1) is 9.72. The Balaban J connectivity index is 1.70. The molecule has 0 aliphatic heterocycles. The lowest BCUT2D eigenvalue weighted by molar-refractivity contribution is 0.627. The Morgan fingerprint density at radius 3 is 2.80 bits per heavy atom. The van der Waals surface area contributed by atoms with E-state index in [9.17, 15) is 4.39 Å². The summed E-state index contributed by atoms with van der Waals surface area (Å²) in [6, 6.07) is 11.2. The third-order valence-electron chi connectivity index (χ3n) is 2.84. The molecule has 1 nitrogen and oxygen atoms in total. The van der Waals surface area contributed by atoms with Crippen molar-refractivity contribution in [2.45, 2.75) is 6.54 Å². The molecule has 5 heteroatoms. The first kappa shape index (κ1) is 14.0. The smallest absolute Gasteiger partial charge is 0.124 e. The fourth-order valence-corrected chi connectivity index (χ4v) is 4.14. The Labute approximate surface area is 138 Å². The molecular formula is C15H11FINS2. The first-order valence-corrected chi connectivity index (χ1v) is 8.86. The molecule has 0 unspecified atom stereocenters. The maximum atomic E-state index is 13.0. The number of halogens is 2. The molecule has 1 aromatic carbocycles. The lowest BCUT2D eigenvalue weighted by Crippen LogP contribution is -1.99. The number of nitrogens with one attached hydrogen (secondary N) is 1. The predicted molar refractivity (Wildman–Crippen MR) is 94.1 cm³/mol. The normalized spacial score (nSPS) is 10.7. The second-order valence-corrected chi connectivity index (χ2v) is 7.36. The molecule has 0 amide bonds. The van der Waals surface area contributed by atoms with E-state index in [1.807, 2.05) is 0 Å². The van der Waals surface area contributed by atoms with Gasteiger partial charge in [0.15, 0.2) is 0 Å². The minimum Gasteiger partial charge on any atom is -0.379 e. The van der Waals surface area contributed by atoms with Crippen LogP contribution in [0, 0.1) is 9.39 Å². The summed E-state index contributed by atoms with van der Waals surface area (Å²) in [6.07, 6.45) is 0. The van der Waals surface area contributed by atoms with E-state index in [0.29, 0.717) is 0 Å². The molecule has 0 saturated heterocycles. The summed E-state index contributed by atoms with van der Waals surface area (Å²) in [5, 5.41) is 7.62. The van der Waals surface area contributed by atoms with E-state index >= 15 is 0 Å². The lowest BCUT2D eigenvalue weighted by Gasteiger charge is -2.07. The average Bonchev–Trinajstić information content (AvgIpc) is 3.08. The Bertz CT molecular complexity index is 706. The van der Waals surface area contributed by atoms with Crippen LogP contribution in [-0.4, -0.2) is 0 Å². The molecular weight excluding hydrogens is 404 g/mol. The number of thiophene rings is 2. The second kappa shape index (κ2) is 6.24. The van der Waals surface area contributed by atoms with Crippen LogP contribution in [0.1, 0.15) is 4.88 Å². The fourth-order valence-electron chi connectivity index (χ4n) is 1.86. The summed E-state index contributed by atoms with van der Waals surface area (Å²) in [7, 11) is 0. The minimum atomic E-state index is -0.198. The predicted octanol–water partition coefficient (Wildman–Crippen LogP) is 5.83. The van der Waals surface area contributed by atoms with Crippen LogP contribution in [0.4, 0.5) is 10.1 Å². The summed E-state index contributed by atoms with van der Waals surface area (Å²) in [5.41, 5.74) is 2.24. The summed E-state index contributed by atoms with van der Waals surface area (Å²) in [5.74, 6) is -0.198. The molecule has 2 heterocycles. The summed E-state index contributed by atoms with van der Waals surface area (Å²) in [4.78, 5) is 2.57. The maximum absolute atomic E-state index is 13.0. The highest BCUT2D eigenvalue weighted by molar-refractivity contribution is 14.1. The molecule has 3 aromatic rings. The van der Waals surface area contributed by atoms with Crippen LogP contribution in [0.3, 0.4) is 0 Å². The second-order valence-electron chi connectivity index (χ2n) is 4.26. The van der Waals surface area contributed by atoms with Crippen molar-refractivity contribution in [1.82, 2.24) is 0 Å². The molecule has 20 heavy (non-hydrogen) atoms. The van der Waals surface area contributed by atoms with Gasteiger partial charge >= 0.3 is 0 Å². The van der Waals surface area contributed by atoms with Crippen molar-refractivity contribution in [1.29, 1.82) is 0 Å². The van der Waals surface area contributed by atoms with E-state index in [4.69, 9.17) is 0 Å². The van der Waals surface area contributed by atoms with E-state index in [-0.39, 0.29) is 5.82 Å². The molecule has 102 valence electrons. The molecule has 0 saturated carbocycles. The van der Waals surface area contributed by atoms with Crippen LogP contribution in [0.2, 0.25) is 0 Å². The first-order valence-electron chi connectivity index (χ1n) is 6.02. The zero-order valence-electron chi connectivity index (χ0n) is 10.4. The molecule has 0 aliphatic rings. The van der Waals surface area contributed by atoms with Gasteiger partial charge in [0.25, 0.3) is 0 Å². The molecule has 3 rings (SSSR count). The van der Waals surface area contributed by atoms with Crippen molar-refractivity contribution in [3.63, 3.8) is 0 Å². The largest absolute Gasteiger partial charge is 0.379 e. The van der Waals surface area contributed by atoms with E-state index < -0.39 is 0 Å². The van der Waals surface area contributed by atoms with Gasteiger partial charge in [-0.3, -0.25) is 0 Å². The van der Waals surface area contributed by atoms with Gasteiger partial charge in [0.1, 0.15) is 5.82 Å². The Morgan fingerprint density at radius 1 is 1.15 bits per heavy atom. The van der Waals surface area contributed by atoms with Gasteiger partial charge in [-0.15, -0.1) is 22.7 Å². The number of hydrogen-bond acceptors (Lipinski definition) is 3. The Morgan fingerprint density at radius 2 is 2.05 bits per heavy atom. The van der Waals surface area contributed by atoms with Crippen molar-refractivity contribution >= 4 is 51.0 Å². The Kier molecular flexibility index (Phi) is 4.38. The standard InChI is InChI=1S/C15H11FINS2/c16-11-3-4-14(13(17)7-11)18-8-12-6-10(9-20-12)15-2-1-5-19-15/h1-7,9,18H,8H2. The van der Waals surface area contributed by atoms with Crippen LogP contribution in [0.25, 0.3) is 10.4 Å². The quantitative estimate of drug-likeness (QED) is 0.529. The zero-order chi connectivity index (χ0) is 13.9. The van der Waals surface area contributed by atoms with Crippen molar-refractivity contribution < 1.29 is 4.39 Å². The molecule has 0 spiro atoms. The summed E-state index contributed by atoms with van der Waals surface area (Å²) < 4.78 is 13.9. The maximum Gasteiger partial charge on any atom is 0.124 e. The SMILES string of the molecule is Fc1ccc(NCc2cc(-c3cccs3)cs2)c(I)c1. The van der Waals surface area contributed by atoms with E-state index in [1.54, 1.807) is 28.7 Å². The van der Waals surface area contributed by atoms with Crippen molar-refractivity contribution in [2.75, 3.05) is 5.32 Å². The van der Waals surface area contributed by atoms with Crippen molar-refractivity contribution in [3.8, 4) is 10.4 Å². The Hall–Kier alpha value is -0.920. The molecule has 2 aromatic heterocycles. The van der Waals surface area contributed by atoms with Crippen molar-refractivity contribution in [2.24, 2.45) is 0 Å². The highest BCUT2D eigenvalue weighted by Gasteiger charge is 2.05. The summed E-state index contributed by atoms with van der Waals surface area (Å²) >= 11 is 5.64. The lowest BCUT2D eigenvalue weighted by atomic mass is 10.2. The highest BCUT2D eigenvalue weighted by Crippen LogP contribution is 2.30. The highest BCUT2D eigenvalue weighted by atomic mass is 127. The van der Waals surface area contributed by atoms with Gasteiger partial charge in [0.2, 0.25) is 0 Å². The number of rotatable bonds is 4. The van der Waals surface area contributed by atoms with Crippen LogP contribution < -0.4 is 5.32 Å². The van der Waals surface area contributed by atoms with Crippen LogP contribution in [0.15, 0.2) is 47.2 Å². The number of anilines is 1. The average molecular weight is 415 g/mol. The van der Waals surface area contributed by atoms with Crippen LogP contribution >= 0.6 is 45.3 Å². The van der Waals surface area contributed by atoms with E-state index in [2.05, 4.69) is 56.9 Å². The van der Waals surface area contributed by atoms with Gasteiger partial charge in [-0.2, -0.15) is 0 Å². The zero-order valence-corrected chi connectivity index (χ0v) is 14.2. The third kappa shape index (κ3) is 3.21. The minimum absolute atomic E-state index is 0.198. The molecule has 0 bridgehead atoms. The van der Waals surface area contributed by atoms with Crippen LogP contribution in [0.5, 0.6) is 0 Å². The molecule has 0 aliphatic carbocycles. The topological polar surface area (TPSA) is 12.0 Å². The van der Waals surface area contributed by atoms with Gasteiger partial charge in [-0.25, -0.2) is 4.39 Å². The fraction of sp³-hybridized carbons (Fsp3) is 0.0667. The molecule has 0 fully saturated rings. The monoisotopic (exact) mass is 415 g/mol. The van der Waals surface area contributed by atoms with Gasteiger partial charge in [0.05, 0.1) is 0 Å². The number of hydrogen-bond donors (Lipinski definition) is 1. The summed E-state index contributed by atoms with van der Waals surface area (Å²) in [6.45, 7) is 0.762. The number of benzene rings is 1. The van der Waals surface area contributed by atoms with E-state index in [1.165, 1.54) is 27.5 Å². The molecule has 1 N–H and O–H groups in total. The van der Waals surface area contributed by atoms with Crippen molar-refractivity contribution in [3.05, 3.63) is 61.4 Å². The van der Waals surface area contributed by atoms with Crippen LogP contribution in [-0.2, 0) is 6.54 Å². The molecule has 0 atom stereocenters. The van der Waals surface area contributed by atoms with E-state index in [0.717, 1.165) is 15.8 Å².